The first-order valence-corrected chi connectivity index (χ1v) is 9.94. The van der Waals surface area contributed by atoms with E-state index < -0.39 is 0 Å². The van der Waals surface area contributed by atoms with Gasteiger partial charge in [0.15, 0.2) is 0 Å². The van der Waals surface area contributed by atoms with E-state index in [1.54, 1.807) is 7.11 Å². The van der Waals surface area contributed by atoms with Crippen molar-refractivity contribution in [1.82, 2.24) is 29.5 Å². The van der Waals surface area contributed by atoms with E-state index in [1.807, 2.05) is 36.1 Å². The van der Waals surface area contributed by atoms with Crippen molar-refractivity contribution in [1.29, 1.82) is 0 Å². The van der Waals surface area contributed by atoms with E-state index in [2.05, 4.69) is 32.9 Å². The van der Waals surface area contributed by atoms with E-state index in [-0.39, 0.29) is 6.10 Å². The van der Waals surface area contributed by atoms with Crippen molar-refractivity contribution in [3.05, 3.63) is 42.1 Å². The summed E-state index contributed by atoms with van der Waals surface area (Å²) < 4.78 is 15.5. The lowest BCUT2D eigenvalue weighted by Gasteiger charge is -2.30. The number of aromatic nitrogens is 6. The fourth-order valence-corrected chi connectivity index (χ4v) is 4.26. The van der Waals surface area contributed by atoms with Crippen molar-refractivity contribution < 1.29 is 9.47 Å². The lowest BCUT2D eigenvalue weighted by molar-refractivity contribution is 0.00619. The van der Waals surface area contributed by atoms with E-state index in [9.17, 15) is 0 Å². The van der Waals surface area contributed by atoms with Crippen molar-refractivity contribution >= 4 is 21.9 Å². The molecule has 0 radical (unpaired) electrons. The first kappa shape index (κ1) is 18.1. The summed E-state index contributed by atoms with van der Waals surface area (Å²) in [7, 11) is 1.69. The van der Waals surface area contributed by atoms with Gasteiger partial charge >= 0.3 is 0 Å². The Morgan fingerprint density at radius 2 is 2.17 bits per heavy atom. The number of imidazole rings is 1. The average Bonchev–Trinajstić information content (AvgIpc) is 3.30. The molecule has 1 aliphatic rings. The molecule has 0 unspecified atom stereocenters. The summed E-state index contributed by atoms with van der Waals surface area (Å²) in [6.45, 7) is 5.39. The van der Waals surface area contributed by atoms with Gasteiger partial charge in [0, 0.05) is 24.2 Å². The van der Waals surface area contributed by atoms with E-state index in [1.165, 1.54) is 0 Å². The molecule has 150 valence electrons. The number of methoxy groups -OCH3 is 1. The molecule has 0 aliphatic carbocycles. The Bertz CT molecular complexity index is 1180. The Balaban J connectivity index is 1.74. The zero-order valence-corrected chi connectivity index (χ0v) is 16.9. The van der Waals surface area contributed by atoms with Gasteiger partial charge in [0.1, 0.15) is 23.6 Å². The quantitative estimate of drug-likeness (QED) is 0.530. The van der Waals surface area contributed by atoms with Gasteiger partial charge in [-0.05, 0) is 44.9 Å². The molecule has 1 saturated heterocycles. The topological polar surface area (TPSA) is 79.9 Å². The molecule has 3 aromatic heterocycles. The summed E-state index contributed by atoms with van der Waals surface area (Å²) in [5.41, 5.74) is 3.81. The molecule has 2 atom stereocenters. The highest BCUT2D eigenvalue weighted by Gasteiger charge is 2.26. The summed E-state index contributed by atoms with van der Waals surface area (Å²) in [6, 6.07) is 6.30. The molecule has 0 amide bonds. The predicted molar refractivity (Wildman–Crippen MR) is 109 cm³/mol. The Hall–Kier alpha value is -3.00. The molecule has 0 saturated carbocycles. The van der Waals surface area contributed by atoms with Crippen LogP contribution in [0.25, 0.3) is 21.9 Å². The Morgan fingerprint density at radius 3 is 2.93 bits per heavy atom. The highest BCUT2D eigenvalue weighted by Crippen LogP contribution is 2.34. The number of nitrogens with zero attached hydrogens (tertiary/aromatic N) is 6. The van der Waals surface area contributed by atoms with E-state index >= 15 is 0 Å². The van der Waals surface area contributed by atoms with Crippen LogP contribution in [-0.4, -0.2) is 49.3 Å². The maximum atomic E-state index is 5.81. The van der Waals surface area contributed by atoms with Crippen LogP contribution in [0.4, 0.5) is 0 Å². The zero-order chi connectivity index (χ0) is 20.0. The van der Waals surface area contributed by atoms with Gasteiger partial charge in [-0.1, -0.05) is 5.21 Å². The molecular formula is C21H24N6O2. The minimum atomic E-state index is 0.218. The van der Waals surface area contributed by atoms with Crippen LogP contribution in [0.3, 0.4) is 0 Å². The van der Waals surface area contributed by atoms with Crippen LogP contribution in [0, 0.1) is 6.92 Å². The largest absolute Gasteiger partial charge is 0.497 e. The molecule has 1 aromatic carbocycles. The summed E-state index contributed by atoms with van der Waals surface area (Å²) in [5.74, 6) is 1.77. The van der Waals surface area contributed by atoms with Crippen LogP contribution >= 0.6 is 0 Å². The molecule has 0 bridgehead atoms. The first-order valence-electron chi connectivity index (χ1n) is 9.94. The second kappa shape index (κ2) is 7.11. The highest BCUT2D eigenvalue weighted by molar-refractivity contribution is 6.03. The SMILES string of the molecule is COc1ccc2ncc3nc(Cn4cc(C)nn4)n([C@@H]4CCO[C@H](C)C4)c3c2c1. The number of benzene rings is 1. The maximum absolute atomic E-state index is 5.81. The van der Waals surface area contributed by atoms with Crippen LogP contribution < -0.4 is 4.74 Å². The van der Waals surface area contributed by atoms with E-state index in [0.29, 0.717) is 12.6 Å². The fraction of sp³-hybridized carbons (Fsp3) is 0.429. The van der Waals surface area contributed by atoms with Gasteiger partial charge in [0.2, 0.25) is 0 Å². The molecule has 0 spiro atoms. The number of pyridine rings is 1. The van der Waals surface area contributed by atoms with Crippen molar-refractivity contribution in [2.24, 2.45) is 0 Å². The fourth-order valence-electron chi connectivity index (χ4n) is 4.26. The molecule has 8 heteroatoms. The highest BCUT2D eigenvalue weighted by atomic mass is 16.5. The molecular weight excluding hydrogens is 368 g/mol. The van der Waals surface area contributed by atoms with Gasteiger partial charge in [0.05, 0.1) is 36.1 Å². The summed E-state index contributed by atoms with van der Waals surface area (Å²) in [4.78, 5) is 9.57. The molecule has 8 nitrogen and oxygen atoms in total. The minimum absolute atomic E-state index is 0.218. The Kier molecular flexibility index (Phi) is 4.43. The zero-order valence-electron chi connectivity index (χ0n) is 16.9. The Morgan fingerprint density at radius 1 is 1.28 bits per heavy atom. The number of aryl methyl sites for hydroxylation is 1. The van der Waals surface area contributed by atoms with Crippen LogP contribution in [0.15, 0.2) is 30.6 Å². The van der Waals surface area contributed by atoms with Crippen molar-refractivity contribution in [2.75, 3.05) is 13.7 Å². The summed E-state index contributed by atoms with van der Waals surface area (Å²) in [6.07, 6.45) is 5.92. The van der Waals surface area contributed by atoms with Crippen LogP contribution in [0.1, 0.15) is 37.3 Å². The van der Waals surface area contributed by atoms with Crippen LogP contribution in [-0.2, 0) is 11.3 Å². The smallest absolute Gasteiger partial charge is 0.132 e. The standard InChI is InChI=1S/C21H24N6O2/c1-13-11-26(25-24-13)12-20-23-19-10-22-18-5-4-16(28-3)9-17(18)21(19)27(20)15-6-7-29-14(2)8-15/h4-5,9-11,14-15H,6-8,12H2,1-3H3/t14-,15-/m1/s1. The molecule has 0 N–H and O–H groups in total. The monoisotopic (exact) mass is 392 g/mol. The number of hydrogen-bond acceptors (Lipinski definition) is 6. The third-order valence-corrected chi connectivity index (χ3v) is 5.58. The van der Waals surface area contributed by atoms with Crippen LogP contribution in [0.2, 0.25) is 0 Å². The summed E-state index contributed by atoms with van der Waals surface area (Å²) in [5, 5.41) is 9.40. The van der Waals surface area contributed by atoms with Gasteiger partial charge in [-0.3, -0.25) is 4.98 Å². The van der Waals surface area contributed by atoms with Gasteiger partial charge in [-0.2, -0.15) is 0 Å². The molecule has 29 heavy (non-hydrogen) atoms. The lowest BCUT2D eigenvalue weighted by Crippen LogP contribution is -2.27. The second-order valence-corrected chi connectivity index (χ2v) is 7.69. The third kappa shape index (κ3) is 3.23. The van der Waals surface area contributed by atoms with Gasteiger partial charge in [-0.25, -0.2) is 9.67 Å². The number of hydrogen-bond donors (Lipinski definition) is 0. The Labute approximate surface area is 168 Å². The normalized spacial score (nSPS) is 19.8. The van der Waals surface area contributed by atoms with Gasteiger partial charge in [0.25, 0.3) is 0 Å². The summed E-state index contributed by atoms with van der Waals surface area (Å²) >= 11 is 0. The van der Waals surface area contributed by atoms with Crippen LogP contribution in [0.5, 0.6) is 5.75 Å². The minimum Gasteiger partial charge on any atom is -0.497 e. The molecule has 1 aliphatic heterocycles. The van der Waals surface area contributed by atoms with Gasteiger partial charge in [-0.15, -0.1) is 5.10 Å². The lowest BCUT2D eigenvalue weighted by atomic mass is 10.0. The number of fused-ring (bicyclic) bond motifs is 3. The molecule has 1 fully saturated rings. The number of ether oxygens (including phenoxy) is 2. The maximum Gasteiger partial charge on any atom is 0.132 e. The van der Waals surface area contributed by atoms with E-state index in [4.69, 9.17) is 14.5 Å². The van der Waals surface area contributed by atoms with Crippen molar-refractivity contribution in [3.63, 3.8) is 0 Å². The third-order valence-electron chi connectivity index (χ3n) is 5.58. The first-order chi connectivity index (χ1) is 14.1. The molecule has 4 heterocycles. The number of rotatable bonds is 4. The van der Waals surface area contributed by atoms with E-state index in [0.717, 1.165) is 58.7 Å². The molecule has 4 aromatic rings. The molecule has 5 rings (SSSR count). The van der Waals surface area contributed by atoms with Crippen molar-refractivity contribution in [3.8, 4) is 5.75 Å². The van der Waals surface area contributed by atoms with Crippen molar-refractivity contribution in [2.45, 2.75) is 45.4 Å². The average molecular weight is 392 g/mol. The predicted octanol–water partition coefficient (Wildman–Crippen LogP) is 3.28. The second-order valence-electron chi connectivity index (χ2n) is 7.69. The van der Waals surface area contributed by atoms with Gasteiger partial charge < -0.3 is 14.0 Å².